The first-order valence-electron chi connectivity index (χ1n) is 4.12. The molecule has 0 aliphatic heterocycles. The first kappa shape index (κ1) is 9.51. The van der Waals surface area contributed by atoms with Gasteiger partial charge in [-0.2, -0.15) is 0 Å². The van der Waals surface area contributed by atoms with Gasteiger partial charge >= 0.3 is 5.97 Å². The molecule has 0 atom stereocenters. The van der Waals surface area contributed by atoms with Crippen LogP contribution in [0.4, 0.5) is 0 Å². The van der Waals surface area contributed by atoms with Gasteiger partial charge in [0.15, 0.2) is 5.75 Å². The van der Waals surface area contributed by atoms with E-state index in [9.17, 15) is 4.79 Å². The molecule has 2 aromatic rings. The maximum absolute atomic E-state index is 10.8. The average Bonchev–Trinajstić information content (AvgIpc) is 2.49. The summed E-state index contributed by atoms with van der Waals surface area (Å²) in [5, 5.41) is 0.961. The van der Waals surface area contributed by atoms with E-state index in [0.717, 1.165) is 14.5 Å². The zero-order valence-corrected chi connectivity index (χ0v) is 9.66. The fraction of sp³-hybridized carbons (Fsp3) is 0.100. The maximum atomic E-state index is 10.8. The molecule has 0 amide bonds. The van der Waals surface area contributed by atoms with Crippen LogP contribution in [-0.2, 0) is 4.79 Å². The molecule has 0 aliphatic carbocycles. The number of aromatic nitrogens is 1. The third-order valence-corrected chi connectivity index (χ3v) is 2.77. The average molecular weight is 301 g/mol. The van der Waals surface area contributed by atoms with E-state index in [1.54, 1.807) is 6.20 Å². The maximum Gasteiger partial charge on any atom is 0.308 e. The lowest BCUT2D eigenvalue weighted by atomic mass is 10.2. The number of halogens is 1. The van der Waals surface area contributed by atoms with Gasteiger partial charge in [-0.25, -0.2) is 0 Å². The molecule has 3 nitrogen and oxygen atoms in total. The number of esters is 1. The summed E-state index contributed by atoms with van der Waals surface area (Å²) in [5.41, 5.74) is 0.980. The standard InChI is InChI=1S/C10H8INO2/c1-6(13)14-9-5-12-8-4-2-3-7(11)10(8)9/h2-5,12H,1H3. The second kappa shape index (κ2) is 3.61. The minimum Gasteiger partial charge on any atom is -0.424 e. The summed E-state index contributed by atoms with van der Waals surface area (Å²) in [5.74, 6) is 0.294. The third-order valence-electron chi connectivity index (χ3n) is 1.87. The zero-order valence-electron chi connectivity index (χ0n) is 7.50. The minimum atomic E-state index is -0.300. The highest BCUT2D eigenvalue weighted by molar-refractivity contribution is 14.1. The predicted molar refractivity (Wildman–Crippen MR) is 62.3 cm³/mol. The first-order chi connectivity index (χ1) is 6.68. The Kier molecular flexibility index (Phi) is 2.45. The molecule has 1 N–H and O–H groups in total. The Morgan fingerprint density at radius 1 is 1.50 bits per heavy atom. The van der Waals surface area contributed by atoms with Crippen LogP contribution in [0, 0.1) is 3.57 Å². The quantitative estimate of drug-likeness (QED) is 0.650. The Balaban J connectivity index is 2.61. The Labute approximate surface area is 94.6 Å². The molecule has 1 aromatic heterocycles. The van der Waals surface area contributed by atoms with Gasteiger partial charge in [0.2, 0.25) is 0 Å². The van der Waals surface area contributed by atoms with Crippen LogP contribution in [0.2, 0.25) is 0 Å². The van der Waals surface area contributed by atoms with Crippen LogP contribution >= 0.6 is 22.6 Å². The lowest BCUT2D eigenvalue weighted by molar-refractivity contribution is -0.131. The van der Waals surface area contributed by atoms with Crippen LogP contribution in [0.1, 0.15) is 6.92 Å². The smallest absolute Gasteiger partial charge is 0.308 e. The molecule has 0 unspecified atom stereocenters. The van der Waals surface area contributed by atoms with Gasteiger partial charge in [-0.05, 0) is 34.7 Å². The van der Waals surface area contributed by atoms with Gasteiger partial charge in [0, 0.05) is 16.7 Å². The Hall–Kier alpha value is -1.04. The highest BCUT2D eigenvalue weighted by atomic mass is 127. The van der Waals surface area contributed by atoms with E-state index in [2.05, 4.69) is 27.6 Å². The molecule has 0 fully saturated rings. The van der Waals surface area contributed by atoms with E-state index in [4.69, 9.17) is 4.74 Å². The number of hydrogen-bond donors (Lipinski definition) is 1. The summed E-state index contributed by atoms with van der Waals surface area (Å²) in [4.78, 5) is 13.9. The van der Waals surface area contributed by atoms with Crippen molar-refractivity contribution < 1.29 is 9.53 Å². The number of nitrogens with one attached hydrogen (secondary N) is 1. The molecule has 0 bridgehead atoms. The number of fused-ring (bicyclic) bond motifs is 1. The number of benzene rings is 1. The van der Waals surface area contributed by atoms with Gasteiger partial charge in [-0.1, -0.05) is 6.07 Å². The summed E-state index contributed by atoms with van der Waals surface area (Å²) >= 11 is 2.22. The molecular formula is C10H8INO2. The Bertz CT molecular complexity index is 490. The van der Waals surface area contributed by atoms with E-state index in [1.165, 1.54) is 6.92 Å². The monoisotopic (exact) mass is 301 g/mol. The lowest BCUT2D eigenvalue weighted by Gasteiger charge is -1.99. The van der Waals surface area contributed by atoms with Crippen molar-refractivity contribution in [1.29, 1.82) is 0 Å². The van der Waals surface area contributed by atoms with Crippen molar-refractivity contribution in [2.75, 3.05) is 0 Å². The van der Waals surface area contributed by atoms with Crippen molar-refractivity contribution >= 4 is 39.5 Å². The topological polar surface area (TPSA) is 42.1 Å². The van der Waals surface area contributed by atoms with E-state index < -0.39 is 0 Å². The number of carbonyl (C=O) groups is 1. The van der Waals surface area contributed by atoms with E-state index in [1.807, 2.05) is 18.2 Å². The van der Waals surface area contributed by atoms with Gasteiger partial charge in [0.05, 0.1) is 10.9 Å². The summed E-state index contributed by atoms with van der Waals surface area (Å²) in [6, 6.07) is 5.88. The SMILES string of the molecule is CC(=O)Oc1c[nH]c2cccc(I)c12. The Morgan fingerprint density at radius 2 is 2.29 bits per heavy atom. The molecule has 0 saturated carbocycles. The molecule has 0 spiro atoms. The number of ether oxygens (including phenoxy) is 1. The normalized spacial score (nSPS) is 10.4. The molecule has 1 aromatic carbocycles. The van der Waals surface area contributed by atoms with Crippen molar-refractivity contribution in [3.63, 3.8) is 0 Å². The van der Waals surface area contributed by atoms with Crippen LogP contribution in [0.25, 0.3) is 10.9 Å². The minimum absolute atomic E-state index is 0.300. The molecule has 0 aliphatic rings. The molecule has 4 heteroatoms. The van der Waals surface area contributed by atoms with Crippen LogP contribution in [0.15, 0.2) is 24.4 Å². The van der Waals surface area contributed by atoms with E-state index in [0.29, 0.717) is 5.75 Å². The van der Waals surface area contributed by atoms with Crippen LogP contribution in [0.5, 0.6) is 5.75 Å². The van der Waals surface area contributed by atoms with Crippen molar-refractivity contribution in [3.8, 4) is 5.75 Å². The fourth-order valence-electron chi connectivity index (χ4n) is 1.35. The largest absolute Gasteiger partial charge is 0.424 e. The summed E-state index contributed by atoms with van der Waals surface area (Å²) in [7, 11) is 0. The number of aromatic amines is 1. The van der Waals surface area contributed by atoms with Crippen LogP contribution < -0.4 is 4.74 Å². The van der Waals surface area contributed by atoms with Crippen molar-refractivity contribution in [3.05, 3.63) is 28.0 Å². The molecule has 0 saturated heterocycles. The van der Waals surface area contributed by atoms with Gasteiger partial charge in [-0.3, -0.25) is 4.79 Å². The van der Waals surface area contributed by atoms with E-state index in [-0.39, 0.29) is 5.97 Å². The highest BCUT2D eigenvalue weighted by Crippen LogP contribution is 2.29. The first-order valence-corrected chi connectivity index (χ1v) is 5.20. The van der Waals surface area contributed by atoms with Gasteiger partial charge in [0.25, 0.3) is 0 Å². The van der Waals surface area contributed by atoms with Crippen molar-refractivity contribution in [2.45, 2.75) is 6.92 Å². The molecule has 1 heterocycles. The molecule has 72 valence electrons. The molecule has 14 heavy (non-hydrogen) atoms. The molecule has 0 radical (unpaired) electrons. The van der Waals surface area contributed by atoms with Gasteiger partial charge in [0.1, 0.15) is 0 Å². The van der Waals surface area contributed by atoms with Gasteiger partial charge in [-0.15, -0.1) is 0 Å². The predicted octanol–water partition coefficient (Wildman–Crippen LogP) is 2.70. The summed E-state index contributed by atoms with van der Waals surface area (Å²) in [6.07, 6.45) is 1.70. The zero-order chi connectivity index (χ0) is 10.1. The second-order valence-corrected chi connectivity index (χ2v) is 4.07. The van der Waals surface area contributed by atoms with Crippen molar-refractivity contribution in [2.24, 2.45) is 0 Å². The fourth-order valence-corrected chi connectivity index (χ4v) is 2.11. The van der Waals surface area contributed by atoms with E-state index >= 15 is 0 Å². The summed E-state index contributed by atoms with van der Waals surface area (Å²) in [6.45, 7) is 1.40. The molecular weight excluding hydrogens is 293 g/mol. The number of carbonyl (C=O) groups excluding carboxylic acids is 1. The van der Waals surface area contributed by atoms with Gasteiger partial charge < -0.3 is 9.72 Å². The van der Waals surface area contributed by atoms with Crippen molar-refractivity contribution in [1.82, 2.24) is 4.98 Å². The highest BCUT2D eigenvalue weighted by Gasteiger charge is 2.09. The lowest BCUT2D eigenvalue weighted by Crippen LogP contribution is -2.00. The Morgan fingerprint density at radius 3 is 3.00 bits per heavy atom. The second-order valence-electron chi connectivity index (χ2n) is 2.91. The third kappa shape index (κ3) is 1.61. The number of rotatable bonds is 1. The van der Waals surface area contributed by atoms with Crippen LogP contribution in [0.3, 0.4) is 0 Å². The number of H-pyrrole nitrogens is 1. The molecule has 2 rings (SSSR count). The summed E-state index contributed by atoms with van der Waals surface area (Å²) < 4.78 is 6.14. The number of hydrogen-bond acceptors (Lipinski definition) is 2. The van der Waals surface area contributed by atoms with Crippen LogP contribution in [-0.4, -0.2) is 11.0 Å².